The van der Waals surface area contributed by atoms with Gasteiger partial charge in [-0.3, -0.25) is 0 Å². The number of nitrogens with zero attached hydrogens (tertiary/aromatic N) is 3. The van der Waals surface area contributed by atoms with E-state index in [9.17, 15) is 9.18 Å². The monoisotopic (exact) mass is 284 g/mol. The van der Waals surface area contributed by atoms with Crippen molar-refractivity contribution in [1.29, 1.82) is 0 Å². The summed E-state index contributed by atoms with van der Waals surface area (Å²) in [6.07, 6.45) is 1.81. The average molecular weight is 284 g/mol. The maximum absolute atomic E-state index is 12.6. The van der Waals surface area contributed by atoms with Crippen molar-refractivity contribution < 1.29 is 13.9 Å². The number of amides is 1. The third-order valence-corrected chi connectivity index (χ3v) is 2.32. The van der Waals surface area contributed by atoms with E-state index < -0.39 is 11.4 Å². The van der Waals surface area contributed by atoms with Crippen LogP contribution in [0.1, 0.15) is 27.7 Å². The molecule has 0 radical (unpaired) electrons. The van der Waals surface area contributed by atoms with Crippen molar-refractivity contribution in [3.05, 3.63) is 18.2 Å². The highest BCUT2D eigenvalue weighted by atomic mass is 19.1. The van der Waals surface area contributed by atoms with Gasteiger partial charge in [-0.1, -0.05) is 0 Å². The highest BCUT2D eigenvalue weighted by Crippen LogP contribution is 2.09. The molecule has 0 fully saturated rings. The normalized spacial score (nSPS) is 11.1. The zero-order chi connectivity index (χ0) is 15.2. The number of hydrogen-bond donors (Lipinski definition) is 1. The van der Waals surface area contributed by atoms with E-state index in [0.29, 0.717) is 25.6 Å². The first-order chi connectivity index (χ1) is 9.31. The van der Waals surface area contributed by atoms with Crippen molar-refractivity contribution in [2.75, 3.05) is 25.0 Å². The molecule has 0 bridgehead atoms. The fourth-order valence-electron chi connectivity index (χ4n) is 1.41. The van der Waals surface area contributed by atoms with Crippen LogP contribution >= 0.6 is 0 Å². The molecular weight excluding hydrogens is 263 g/mol. The van der Waals surface area contributed by atoms with Gasteiger partial charge >= 0.3 is 6.09 Å². The largest absolute Gasteiger partial charge is 0.444 e. The standard InChI is InChI=1S/C13H21FN4O2/c1-5-18(12(19)20-13(2,3)4)7-6-15-11-16-8-10(14)9-17-11/h8-9H,5-7H2,1-4H3,(H,15,16,17). The molecule has 0 unspecified atom stereocenters. The van der Waals surface area contributed by atoms with E-state index in [1.165, 1.54) is 0 Å². The molecule has 0 saturated heterocycles. The zero-order valence-electron chi connectivity index (χ0n) is 12.3. The average Bonchev–Trinajstić information content (AvgIpc) is 2.34. The third kappa shape index (κ3) is 5.81. The van der Waals surface area contributed by atoms with Gasteiger partial charge in [-0.05, 0) is 27.7 Å². The maximum Gasteiger partial charge on any atom is 0.410 e. The molecule has 0 spiro atoms. The summed E-state index contributed by atoms with van der Waals surface area (Å²) in [7, 11) is 0. The lowest BCUT2D eigenvalue weighted by atomic mass is 10.2. The number of carbonyl (C=O) groups is 1. The number of hydrogen-bond acceptors (Lipinski definition) is 5. The number of rotatable bonds is 5. The molecule has 7 heteroatoms. The van der Waals surface area contributed by atoms with Crippen LogP contribution in [0.25, 0.3) is 0 Å². The smallest absolute Gasteiger partial charge is 0.410 e. The lowest BCUT2D eigenvalue weighted by Crippen LogP contribution is -2.39. The summed E-state index contributed by atoms with van der Waals surface area (Å²) >= 11 is 0. The summed E-state index contributed by atoms with van der Waals surface area (Å²) in [5, 5.41) is 2.92. The summed E-state index contributed by atoms with van der Waals surface area (Å²) in [5.74, 6) is -0.161. The highest BCUT2D eigenvalue weighted by molar-refractivity contribution is 5.68. The van der Waals surface area contributed by atoms with Crippen LogP contribution in [0.4, 0.5) is 15.1 Å². The van der Waals surface area contributed by atoms with E-state index in [1.807, 2.05) is 27.7 Å². The van der Waals surface area contributed by atoms with Gasteiger partial charge in [-0.2, -0.15) is 0 Å². The Hall–Kier alpha value is -1.92. The van der Waals surface area contributed by atoms with Crippen LogP contribution in [0.3, 0.4) is 0 Å². The number of carbonyl (C=O) groups excluding carboxylic acids is 1. The third-order valence-electron chi connectivity index (χ3n) is 2.32. The Labute approximate surface area is 118 Å². The first-order valence-electron chi connectivity index (χ1n) is 6.51. The van der Waals surface area contributed by atoms with Crippen molar-refractivity contribution in [2.45, 2.75) is 33.3 Å². The number of anilines is 1. The van der Waals surface area contributed by atoms with E-state index in [-0.39, 0.29) is 6.09 Å². The zero-order valence-corrected chi connectivity index (χ0v) is 12.3. The van der Waals surface area contributed by atoms with Crippen LogP contribution < -0.4 is 5.32 Å². The number of aromatic nitrogens is 2. The fourth-order valence-corrected chi connectivity index (χ4v) is 1.41. The summed E-state index contributed by atoms with van der Waals surface area (Å²) in [4.78, 5) is 21.0. The van der Waals surface area contributed by atoms with E-state index in [1.54, 1.807) is 4.90 Å². The molecule has 6 nitrogen and oxygen atoms in total. The number of nitrogens with one attached hydrogen (secondary N) is 1. The molecule has 0 aliphatic rings. The summed E-state index contributed by atoms with van der Waals surface area (Å²) in [5.41, 5.74) is -0.516. The first-order valence-corrected chi connectivity index (χ1v) is 6.51. The van der Waals surface area contributed by atoms with Gasteiger partial charge in [0.1, 0.15) is 5.60 Å². The molecule has 20 heavy (non-hydrogen) atoms. The molecule has 1 aromatic heterocycles. The summed E-state index contributed by atoms with van der Waals surface area (Å²) in [6.45, 7) is 8.79. The molecule has 1 aromatic rings. The van der Waals surface area contributed by atoms with Gasteiger partial charge in [0.05, 0.1) is 12.4 Å². The van der Waals surface area contributed by atoms with Gasteiger partial charge in [-0.15, -0.1) is 0 Å². The lowest BCUT2D eigenvalue weighted by Gasteiger charge is -2.26. The van der Waals surface area contributed by atoms with Crippen molar-refractivity contribution >= 4 is 12.0 Å². The molecule has 1 amide bonds. The quantitative estimate of drug-likeness (QED) is 0.898. The molecule has 0 atom stereocenters. The van der Waals surface area contributed by atoms with Crippen LogP contribution in [0.15, 0.2) is 12.4 Å². The van der Waals surface area contributed by atoms with Crippen molar-refractivity contribution in [3.63, 3.8) is 0 Å². The highest BCUT2D eigenvalue weighted by Gasteiger charge is 2.20. The SMILES string of the molecule is CCN(CCNc1ncc(F)cn1)C(=O)OC(C)(C)C. The van der Waals surface area contributed by atoms with E-state index >= 15 is 0 Å². The Morgan fingerprint density at radius 1 is 1.40 bits per heavy atom. The molecule has 0 aromatic carbocycles. The lowest BCUT2D eigenvalue weighted by molar-refractivity contribution is 0.0267. The van der Waals surface area contributed by atoms with Gasteiger partial charge in [0, 0.05) is 19.6 Å². The minimum absolute atomic E-state index is 0.326. The van der Waals surface area contributed by atoms with Crippen LogP contribution in [0, 0.1) is 5.82 Å². The predicted molar refractivity (Wildman–Crippen MR) is 74.0 cm³/mol. The Morgan fingerprint density at radius 2 is 2.00 bits per heavy atom. The topological polar surface area (TPSA) is 67.3 Å². The molecule has 112 valence electrons. The minimum atomic E-state index is -0.516. The molecule has 1 rings (SSSR count). The minimum Gasteiger partial charge on any atom is -0.444 e. The van der Waals surface area contributed by atoms with Gasteiger partial charge in [-0.25, -0.2) is 19.2 Å². The Bertz CT molecular complexity index is 431. The number of likely N-dealkylation sites (N-methyl/N-ethyl adjacent to an activating group) is 1. The molecule has 0 aliphatic carbocycles. The van der Waals surface area contributed by atoms with Gasteiger partial charge in [0.2, 0.25) is 5.95 Å². The van der Waals surface area contributed by atoms with Gasteiger partial charge in [0.15, 0.2) is 5.82 Å². The fraction of sp³-hybridized carbons (Fsp3) is 0.615. The van der Waals surface area contributed by atoms with Crippen molar-refractivity contribution in [2.24, 2.45) is 0 Å². The van der Waals surface area contributed by atoms with Crippen molar-refractivity contribution in [3.8, 4) is 0 Å². The van der Waals surface area contributed by atoms with Gasteiger partial charge < -0.3 is 15.0 Å². The first kappa shape index (κ1) is 16.1. The Balaban J connectivity index is 2.41. The Morgan fingerprint density at radius 3 is 2.50 bits per heavy atom. The van der Waals surface area contributed by atoms with E-state index in [2.05, 4.69) is 15.3 Å². The van der Waals surface area contributed by atoms with E-state index in [0.717, 1.165) is 12.4 Å². The molecule has 0 saturated carbocycles. The molecule has 1 heterocycles. The Kier molecular flexibility index (Phi) is 5.66. The summed E-state index contributed by atoms with van der Waals surface area (Å²) in [6, 6.07) is 0. The van der Waals surface area contributed by atoms with Gasteiger partial charge in [0.25, 0.3) is 0 Å². The second-order valence-electron chi connectivity index (χ2n) is 5.21. The second-order valence-corrected chi connectivity index (χ2v) is 5.21. The molecular formula is C13H21FN4O2. The molecule has 0 aliphatic heterocycles. The van der Waals surface area contributed by atoms with Crippen LogP contribution in [-0.2, 0) is 4.74 Å². The maximum atomic E-state index is 12.6. The number of halogens is 1. The van der Waals surface area contributed by atoms with E-state index in [4.69, 9.17) is 4.74 Å². The molecule has 1 N–H and O–H groups in total. The van der Waals surface area contributed by atoms with Crippen LogP contribution in [0.5, 0.6) is 0 Å². The van der Waals surface area contributed by atoms with Crippen LogP contribution in [0.2, 0.25) is 0 Å². The second kappa shape index (κ2) is 7.02. The summed E-state index contributed by atoms with van der Waals surface area (Å²) < 4.78 is 17.9. The predicted octanol–water partition coefficient (Wildman–Crippen LogP) is 2.28. The van der Waals surface area contributed by atoms with Crippen molar-refractivity contribution in [1.82, 2.24) is 14.9 Å². The number of ether oxygens (including phenoxy) is 1. The van der Waals surface area contributed by atoms with Crippen LogP contribution in [-0.4, -0.2) is 46.2 Å².